The van der Waals surface area contributed by atoms with Crippen molar-refractivity contribution in [3.63, 3.8) is 0 Å². The fourth-order valence-corrected chi connectivity index (χ4v) is 2.16. The average Bonchev–Trinajstić information content (AvgIpc) is 2.26. The van der Waals surface area contributed by atoms with E-state index in [0.717, 1.165) is 0 Å². The summed E-state index contributed by atoms with van der Waals surface area (Å²) in [4.78, 5) is 11.4. The first-order valence-electron chi connectivity index (χ1n) is 4.25. The van der Waals surface area contributed by atoms with Gasteiger partial charge in [-0.3, -0.25) is 4.79 Å². The number of rotatable bonds is 3. The lowest BCUT2D eigenvalue weighted by atomic mass is 9.96. The van der Waals surface area contributed by atoms with E-state index < -0.39 is 11.9 Å². The number of carbonyl (C=O) groups excluding carboxylic acids is 1. The lowest BCUT2D eigenvalue weighted by Gasteiger charge is -2.39. The molecule has 1 aliphatic rings. The van der Waals surface area contributed by atoms with Crippen molar-refractivity contribution in [2.24, 2.45) is 0 Å². The van der Waals surface area contributed by atoms with Gasteiger partial charge < -0.3 is 14.2 Å². The first-order valence-corrected chi connectivity index (χ1v) is 5.01. The number of hydrogen-bond acceptors (Lipinski definition) is 4. The highest BCUT2D eigenvalue weighted by molar-refractivity contribution is 6.49. The van der Waals surface area contributed by atoms with E-state index in [1.807, 2.05) is 0 Å². The van der Waals surface area contributed by atoms with E-state index in [9.17, 15) is 4.79 Å². The second-order valence-corrected chi connectivity index (χ2v) is 3.81. The van der Waals surface area contributed by atoms with Gasteiger partial charge in [0.25, 0.3) is 0 Å². The summed E-state index contributed by atoms with van der Waals surface area (Å²) in [6.07, 6.45) is -0.525. The number of methoxy groups -OCH3 is 3. The molecule has 1 atom stereocenters. The van der Waals surface area contributed by atoms with Gasteiger partial charge in [0.05, 0.1) is 0 Å². The van der Waals surface area contributed by atoms with Gasteiger partial charge in [-0.1, -0.05) is 23.2 Å². The predicted molar refractivity (Wildman–Crippen MR) is 55.9 cm³/mol. The minimum Gasteiger partial charge on any atom is -0.375 e. The maximum absolute atomic E-state index is 11.4. The molecule has 1 aliphatic carbocycles. The second kappa shape index (κ2) is 4.80. The SMILES string of the molecule is COC1CC(=O)C(Cl)=C(Cl)C1(OC)OC. The third-order valence-electron chi connectivity index (χ3n) is 2.43. The maximum atomic E-state index is 11.4. The highest BCUT2D eigenvalue weighted by Crippen LogP contribution is 2.40. The summed E-state index contributed by atoms with van der Waals surface area (Å²) in [5.41, 5.74) is 0. The third kappa shape index (κ3) is 1.92. The van der Waals surface area contributed by atoms with Crippen molar-refractivity contribution in [3.05, 3.63) is 10.1 Å². The molecule has 0 bridgehead atoms. The van der Waals surface area contributed by atoms with Crippen LogP contribution in [-0.4, -0.2) is 39.0 Å². The Morgan fingerprint density at radius 3 is 2.20 bits per heavy atom. The largest absolute Gasteiger partial charge is 0.375 e. The fourth-order valence-electron chi connectivity index (χ4n) is 1.57. The number of halogens is 2. The van der Waals surface area contributed by atoms with E-state index in [4.69, 9.17) is 37.4 Å². The molecule has 0 spiro atoms. The van der Waals surface area contributed by atoms with E-state index in [0.29, 0.717) is 0 Å². The lowest BCUT2D eigenvalue weighted by Crippen LogP contribution is -2.51. The lowest BCUT2D eigenvalue weighted by molar-refractivity contribution is -0.238. The number of carbonyl (C=O) groups is 1. The van der Waals surface area contributed by atoms with E-state index in [2.05, 4.69) is 0 Å². The summed E-state index contributed by atoms with van der Waals surface area (Å²) < 4.78 is 15.5. The summed E-state index contributed by atoms with van der Waals surface area (Å²) in [7, 11) is 4.28. The molecular formula is C9H12Cl2O4. The molecule has 1 rings (SSSR count). The minimum atomic E-state index is -1.29. The monoisotopic (exact) mass is 254 g/mol. The van der Waals surface area contributed by atoms with Crippen LogP contribution in [0.2, 0.25) is 0 Å². The Bertz CT molecular complexity index is 296. The molecule has 86 valence electrons. The van der Waals surface area contributed by atoms with Crippen molar-refractivity contribution in [2.45, 2.75) is 18.3 Å². The standard InChI is InChI=1S/C9H12Cl2O4/c1-13-6-4-5(12)7(10)8(11)9(6,14-2)15-3/h6H,4H2,1-3H3. The van der Waals surface area contributed by atoms with Crippen molar-refractivity contribution >= 4 is 29.0 Å². The molecule has 6 heteroatoms. The van der Waals surface area contributed by atoms with E-state index >= 15 is 0 Å². The van der Waals surface area contributed by atoms with Crippen LogP contribution in [0.15, 0.2) is 10.1 Å². The van der Waals surface area contributed by atoms with Gasteiger partial charge in [0.15, 0.2) is 5.78 Å². The molecule has 0 aliphatic heterocycles. The Balaban J connectivity index is 3.24. The van der Waals surface area contributed by atoms with Gasteiger partial charge in [0, 0.05) is 27.8 Å². The molecule has 0 heterocycles. The molecule has 4 nitrogen and oxygen atoms in total. The van der Waals surface area contributed by atoms with Gasteiger partial charge >= 0.3 is 0 Å². The summed E-state index contributed by atoms with van der Waals surface area (Å²) in [5, 5.41) is -0.0362. The number of hydrogen-bond donors (Lipinski definition) is 0. The first kappa shape index (κ1) is 12.9. The Labute approximate surface area is 98.1 Å². The van der Waals surface area contributed by atoms with Crippen LogP contribution in [0.1, 0.15) is 6.42 Å². The van der Waals surface area contributed by atoms with E-state index in [1.54, 1.807) is 0 Å². The number of ketones is 1. The third-order valence-corrected chi connectivity index (χ3v) is 3.38. The van der Waals surface area contributed by atoms with E-state index in [1.165, 1.54) is 21.3 Å². The molecule has 0 aromatic heterocycles. The molecule has 0 fully saturated rings. The average molecular weight is 255 g/mol. The topological polar surface area (TPSA) is 44.8 Å². The van der Waals surface area contributed by atoms with Gasteiger partial charge in [-0.15, -0.1) is 0 Å². The van der Waals surface area contributed by atoms with Crippen LogP contribution in [0.3, 0.4) is 0 Å². The minimum absolute atomic E-state index is 0.0252. The molecule has 0 N–H and O–H groups in total. The summed E-state index contributed by atoms with van der Waals surface area (Å²) in [6, 6.07) is 0. The normalized spacial score (nSPS) is 25.9. The summed E-state index contributed by atoms with van der Waals surface area (Å²) in [5.74, 6) is -1.57. The fraction of sp³-hybridized carbons (Fsp3) is 0.667. The van der Waals surface area contributed by atoms with Crippen molar-refractivity contribution in [1.29, 1.82) is 0 Å². The zero-order valence-electron chi connectivity index (χ0n) is 8.67. The van der Waals surface area contributed by atoms with E-state index in [-0.39, 0.29) is 22.3 Å². The van der Waals surface area contributed by atoms with Crippen LogP contribution in [0.25, 0.3) is 0 Å². The summed E-state index contributed by atoms with van der Waals surface area (Å²) >= 11 is 11.7. The predicted octanol–water partition coefficient (Wildman–Crippen LogP) is 1.65. The Morgan fingerprint density at radius 1 is 1.27 bits per heavy atom. The van der Waals surface area contributed by atoms with Gasteiger partial charge in [0.1, 0.15) is 16.2 Å². The first-order chi connectivity index (χ1) is 7.03. The zero-order valence-corrected chi connectivity index (χ0v) is 10.2. The molecule has 0 aromatic carbocycles. The number of ether oxygens (including phenoxy) is 3. The number of allylic oxidation sites excluding steroid dienone is 1. The molecule has 0 saturated carbocycles. The van der Waals surface area contributed by atoms with Crippen LogP contribution in [0, 0.1) is 0 Å². The van der Waals surface area contributed by atoms with Gasteiger partial charge in [-0.05, 0) is 0 Å². The molecule has 15 heavy (non-hydrogen) atoms. The number of Topliss-reactive ketones (excluding diaryl/α,β-unsaturated/α-hetero) is 1. The van der Waals surface area contributed by atoms with Crippen molar-refractivity contribution in [1.82, 2.24) is 0 Å². The maximum Gasteiger partial charge on any atom is 0.234 e. The second-order valence-electron chi connectivity index (χ2n) is 3.06. The van der Waals surface area contributed by atoms with Crippen LogP contribution in [-0.2, 0) is 19.0 Å². The highest BCUT2D eigenvalue weighted by atomic mass is 35.5. The summed E-state index contributed by atoms with van der Waals surface area (Å²) in [6.45, 7) is 0. The van der Waals surface area contributed by atoms with Crippen LogP contribution in [0.4, 0.5) is 0 Å². The molecular weight excluding hydrogens is 243 g/mol. The zero-order chi connectivity index (χ0) is 11.6. The molecule has 0 saturated heterocycles. The Morgan fingerprint density at radius 2 is 1.80 bits per heavy atom. The van der Waals surface area contributed by atoms with Crippen molar-refractivity contribution in [2.75, 3.05) is 21.3 Å². The van der Waals surface area contributed by atoms with Crippen LogP contribution >= 0.6 is 23.2 Å². The highest BCUT2D eigenvalue weighted by Gasteiger charge is 2.50. The van der Waals surface area contributed by atoms with Gasteiger partial charge in [0.2, 0.25) is 5.79 Å². The van der Waals surface area contributed by atoms with Gasteiger partial charge in [-0.25, -0.2) is 0 Å². The molecule has 0 aromatic rings. The van der Waals surface area contributed by atoms with Crippen LogP contribution in [0.5, 0.6) is 0 Å². The van der Waals surface area contributed by atoms with Crippen molar-refractivity contribution < 1.29 is 19.0 Å². The molecule has 0 amide bonds. The smallest absolute Gasteiger partial charge is 0.234 e. The quantitative estimate of drug-likeness (QED) is 0.719. The van der Waals surface area contributed by atoms with Gasteiger partial charge in [-0.2, -0.15) is 0 Å². The molecule has 1 unspecified atom stereocenters. The van der Waals surface area contributed by atoms with Crippen LogP contribution < -0.4 is 0 Å². The van der Waals surface area contributed by atoms with Crippen molar-refractivity contribution in [3.8, 4) is 0 Å². The Kier molecular flexibility index (Phi) is 4.14. The Hall–Kier alpha value is -0.130. The molecule has 0 radical (unpaired) electrons.